The average molecular weight is 607 g/mol. The molecule has 2 saturated heterocycles. The summed E-state index contributed by atoms with van der Waals surface area (Å²) in [5.74, 6) is 1.86. The van der Waals surface area contributed by atoms with E-state index in [0.717, 1.165) is 61.3 Å². The zero-order valence-electron chi connectivity index (χ0n) is 24.5. The largest absolute Gasteiger partial charge is 0.435 e. The molecule has 232 valence electrons. The van der Waals surface area contributed by atoms with Gasteiger partial charge in [0.05, 0.1) is 31.7 Å². The number of aryl methyl sites for hydroxylation is 1. The van der Waals surface area contributed by atoms with Gasteiger partial charge in [0.25, 0.3) is 5.91 Å². The van der Waals surface area contributed by atoms with Gasteiger partial charge in [0, 0.05) is 61.4 Å². The molecule has 0 aliphatic carbocycles. The number of halogens is 2. The van der Waals surface area contributed by atoms with E-state index in [1.54, 1.807) is 36.8 Å². The van der Waals surface area contributed by atoms with E-state index in [1.807, 2.05) is 23.5 Å². The summed E-state index contributed by atoms with van der Waals surface area (Å²) in [6, 6.07) is 11.9. The highest BCUT2D eigenvalue weighted by Crippen LogP contribution is 2.29. The predicted octanol–water partition coefficient (Wildman–Crippen LogP) is 4.76. The van der Waals surface area contributed by atoms with Crippen molar-refractivity contribution in [3.05, 3.63) is 72.2 Å². The van der Waals surface area contributed by atoms with Crippen molar-refractivity contribution in [2.24, 2.45) is 11.8 Å². The third kappa shape index (κ3) is 6.98. The maximum absolute atomic E-state index is 12.8. The Morgan fingerprint density at radius 2 is 1.95 bits per heavy atom. The Bertz CT molecular complexity index is 1580. The summed E-state index contributed by atoms with van der Waals surface area (Å²) in [6.45, 7) is 5.44. The van der Waals surface area contributed by atoms with Crippen LogP contribution in [0.3, 0.4) is 0 Å². The van der Waals surface area contributed by atoms with Gasteiger partial charge >= 0.3 is 6.61 Å². The van der Waals surface area contributed by atoms with Crippen molar-refractivity contribution in [1.82, 2.24) is 24.6 Å². The highest BCUT2D eigenvalue weighted by Gasteiger charge is 2.33. The summed E-state index contributed by atoms with van der Waals surface area (Å²) in [6.07, 6.45) is 6.33. The second kappa shape index (κ2) is 13.7. The minimum Gasteiger partial charge on any atom is -0.435 e. The van der Waals surface area contributed by atoms with Crippen LogP contribution in [0.5, 0.6) is 5.75 Å². The molecule has 2 N–H and O–H groups in total. The normalized spacial score (nSPS) is 18.5. The second-order valence-electron chi connectivity index (χ2n) is 11.2. The van der Waals surface area contributed by atoms with Crippen LogP contribution in [0.1, 0.15) is 22.3 Å². The summed E-state index contributed by atoms with van der Waals surface area (Å²) >= 11 is 0. The van der Waals surface area contributed by atoms with E-state index >= 15 is 0 Å². The van der Waals surface area contributed by atoms with Gasteiger partial charge in [0.2, 0.25) is 0 Å². The first-order valence-electron chi connectivity index (χ1n) is 14.9. The molecule has 4 heterocycles. The molecule has 1 amide bonds. The summed E-state index contributed by atoms with van der Waals surface area (Å²) in [5, 5.41) is 6.24. The molecule has 44 heavy (non-hydrogen) atoms. The molecule has 0 bridgehead atoms. The van der Waals surface area contributed by atoms with Crippen molar-refractivity contribution in [2.75, 3.05) is 57.9 Å². The molecular weight excluding hydrogens is 570 g/mol. The van der Waals surface area contributed by atoms with Gasteiger partial charge in [-0.05, 0) is 73.8 Å². The van der Waals surface area contributed by atoms with Gasteiger partial charge in [-0.1, -0.05) is 0 Å². The number of rotatable bonds is 12. The molecule has 2 fully saturated rings. The van der Waals surface area contributed by atoms with Crippen LogP contribution in [-0.4, -0.2) is 84.4 Å². The monoisotopic (exact) mass is 606 g/mol. The number of anilines is 2. The van der Waals surface area contributed by atoms with Gasteiger partial charge in [-0.3, -0.25) is 9.20 Å². The van der Waals surface area contributed by atoms with Crippen molar-refractivity contribution in [1.29, 1.82) is 0 Å². The Morgan fingerprint density at radius 3 is 2.77 bits per heavy atom. The maximum atomic E-state index is 12.8. The van der Waals surface area contributed by atoms with Gasteiger partial charge in [-0.15, -0.1) is 0 Å². The van der Waals surface area contributed by atoms with E-state index in [9.17, 15) is 13.6 Å². The van der Waals surface area contributed by atoms with E-state index < -0.39 is 6.61 Å². The molecule has 2 aromatic heterocycles. The van der Waals surface area contributed by atoms with Crippen molar-refractivity contribution in [2.45, 2.75) is 20.0 Å². The van der Waals surface area contributed by atoms with Crippen molar-refractivity contribution < 1.29 is 27.8 Å². The number of ether oxygens (including phenoxy) is 3. The van der Waals surface area contributed by atoms with E-state index in [1.165, 1.54) is 18.6 Å². The lowest BCUT2D eigenvalue weighted by Crippen LogP contribution is -2.41. The number of carbonyl (C=O) groups is 1. The van der Waals surface area contributed by atoms with Crippen LogP contribution in [0.4, 0.5) is 20.3 Å². The third-order valence-electron chi connectivity index (χ3n) is 8.26. The molecule has 12 heteroatoms. The fraction of sp³-hybridized carbons (Fsp3) is 0.406. The van der Waals surface area contributed by atoms with E-state index in [-0.39, 0.29) is 11.7 Å². The highest BCUT2D eigenvalue weighted by atomic mass is 19.3. The molecule has 0 saturated carbocycles. The van der Waals surface area contributed by atoms with Gasteiger partial charge in [-0.2, -0.15) is 8.78 Å². The number of aromatic nitrogens is 3. The molecule has 10 nitrogen and oxygen atoms in total. The van der Waals surface area contributed by atoms with Gasteiger partial charge in [-0.25, -0.2) is 9.97 Å². The van der Waals surface area contributed by atoms with Crippen LogP contribution in [0.15, 0.2) is 61.1 Å². The molecule has 0 unspecified atom stereocenters. The minimum atomic E-state index is -2.88. The standard InChI is InChI=1S/C32H36F2N6O4/c1-21-16-25(4-7-27(21)31(41)36-10-14-42-15-13-39-11-8-23-19-43-20-24(23)18-39)38-29-30-37-17-28(40(30)12-9-35-29)22-2-5-26(6-3-22)44-32(33)34/h2-7,9,12,16-17,23-24,32H,8,10-11,13-15,18-20H2,1H3,(H,35,38)(H,36,41)/t23-,24-/m0/s1. The van der Waals surface area contributed by atoms with Crippen LogP contribution < -0.4 is 15.4 Å². The molecular formula is C32H36F2N6O4. The molecule has 4 aromatic rings. The topological polar surface area (TPSA) is 102 Å². The fourth-order valence-corrected chi connectivity index (χ4v) is 5.93. The number of benzene rings is 2. The first-order valence-corrected chi connectivity index (χ1v) is 14.9. The SMILES string of the molecule is Cc1cc(Nc2nccn3c(-c4ccc(OC(F)F)cc4)cnc23)ccc1C(=O)NCCOCCN1CC[C@H]2COC[C@@H]2C1. The molecule has 2 atom stereocenters. The molecule has 2 aliphatic heterocycles. The molecule has 2 aliphatic rings. The van der Waals surface area contributed by atoms with Crippen LogP contribution in [0, 0.1) is 18.8 Å². The summed E-state index contributed by atoms with van der Waals surface area (Å²) in [4.78, 5) is 24.3. The second-order valence-corrected chi connectivity index (χ2v) is 11.2. The number of piperidine rings is 1. The first-order chi connectivity index (χ1) is 21.4. The lowest BCUT2D eigenvalue weighted by Gasteiger charge is -2.33. The number of imidazole rings is 1. The Labute approximate surface area is 254 Å². The van der Waals surface area contributed by atoms with E-state index in [0.29, 0.717) is 42.7 Å². The van der Waals surface area contributed by atoms with Crippen molar-refractivity contribution >= 4 is 23.1 Å². The quantitative estimate of drug-likeness (QED) is 0.223. The van der Waals surface area contributed by atoms with E-state index in [2.05, 4.69) is 30.2 Å². The number of nitrogens with one attached hydrogen (secondary N) is 2. The third-order valence-corrected chi connectivity index (χ3v) is 8.26. The Morgan fingerprint density at radius 1 is 1.11 bits per heavy atom. The van der Waals surface area contributed by atoms with Gasteiger partial charge < -0.3 is 29.7 Å². The Balaban J connectivity index is 0.999. The lowest BCUT2D eigenvalue weighted by atomic mass is 9.89. The van der Waals surface area contributed by atoms with Gasteiger partial charge in [0.1, 0.15) is 5.75 Å². The number of hydrogen-bond donors (Lipinski definition) is 2. The molecule has 2 aromatic carbocycles. The zero-order valence-corrected chi connectivity index (χ0v) is 24.5. The number of amides is 1. The maximum Gasteiger partial charge on any atom is 0.387 e. The van der Waals surface area contributed by atoms with E-state index in [4.69, 9.17) is 9.47 Å². The average Bonchev–Trinajstić information content (AvgIpc) is 3.67. The van der Waals surface area contributed by atoms with Crippen molar-refractivity contribution in [3.63, 3.8) is 0 Å². The Kier molecular flexibility index (Phi) is 9.29. The molecule has 0 radical (unpaired) electrons. The number of carbonyl (C=O) groups excluding carboxylic acids is 1. The summed E-state index contributed by atoms with van der Waals surface area (Å²) in [7, 11) is 0. The van der Waals surface area contributed by atoms with Crippen molar-refractivity contribution in [3.8, 4) is 17.0 Å². The summed E-state index contributed by atoms with van der Waals surface area (Å²) in [5.41, 5.74) is 4.30. The fourth-order valence-electron chi connectivity index (χ4n) is 5.93. The molecule has 0 spiro atoms. The number of hydrogen-bond acceptors (Lipinski definition) is 8. The first kappa shape index (κ1) is 29.9. The number of likely N-dealkylation sites (tertiary alicyclic amines) is 1. The highest BCUT2D eigenvalue weighted by molar-refractivity contribution is 5.96. The van der Waals surface area contributed by atoms with Gasteiger partial charge in [0.15, 0.2) is 11.5 Å². The molecule has 6 rings (SSSR count). The summed E-state index contributed by atoms with van der Waals surface area (Å²) < 4.78 is 42.7. The minimum absolute atomic E-state index is 0.0868. The number of alkyl halides is 2. The lowest BCUT2D eigenvalue weighted by molar-refractivity contribution is -0.0498. The van der Waals surface area contributed by atoms with Crippen LogP contribution >= 0.6 is 0 Å². The van der Waals surface area contributed by atoms with Crippen LogP contribution in [0.25, 0.3) is 16.9 Å². The Hall–Kier alpha value is -4.13. The predicted molar refractivity (Wildman–Crippen MR) is 162 cm³/mol. The van der Waals surface area contributed by atoms with Crippen LogP contribution in [0.2, 0.25) is 0 Å². The van der Waals surface area contributed by atoms with Crippen LogP contribution in [-0.2, 0) is 9.47 Å². The number of fused-ring (bicyclic) bond motifs is 2. The smallest absolute Gasteiger partial charge is 0.387 e. The zero-order chi connectivity index (χ0) is 30.5. The number of nitrogens with zero attached hydrogens (tertiary/aromatic N) is 4.